The van der Waals surface area contributed by atoms with E-state index in [2.05, 4.69) is 29.4 Å². The Morgan fingerprint density at radius 1 is 1.32 bits per heavy atom. The molecular weight excluding hydrogens is 336 g/mol. The minimum Gasteiger partial charge on any atom is -0.487 e. The number of hydrogen-bond donors (Lipinski definition) is 1. The first-order chi connectivity index (χ1) is 12.1. The first-order valence-corrected chi connectivity index (χ1v) is 9.53. The molecule has 132 valence electrons. The average molecular weight is 358 g/mol. The maximum atomic E-state index is 12.8. The molecule has 5 nitrogen and oxygen atoms in total. The monoisotopic (exact) mass is 358 g/mol. The normalized spacial score (nSPS) is 21.4. The number of nitrogens with zero attached hydrogens (tertiary/aromatic N) is 1. The lowest BCUT2D eigenvalue weighted by Crippen LogP contribution is -2.48. The Hall–Kier alpha value is -1.92. The zero-order valence-electron chi connectivity index (χ0n) is 14.5. The van der Waals surface area contributed by atoms with Crippen LogP contribution in [-0.4, -0.2) is 29.7 Å². The zero-order valence-corrected chi connectivity index (χ0v) is 15.3. The van der Waals surface area contributed by atoms with Gasteiger partial charge in [-0.05, 0) is 19.9 Å². The number of carbonyl (C=O) groups is 1. The van der Waals surface area contributed by atoms with Gasteiger partial charge in [0.2, 0.25) is 0 Å². The Balaban J connectivity index is 1.66. The van der Waals surface area contributed by atoms with Crippen LogP contribution in [0, 0.1) is 13.8 Å². The van der Waals surface area contributed by atoms with Crippen molar-refractivity contribution in [2.75, 3.05) is 13.2 Å². The third kappa shape index (κ3) is 3.16. The molecule has 1 unspecified atom stereocenters. The molecule has 4 rings (SSSR count). The zero-order chi connectivity index (χ0) is 17.4. The van der Waals surface area contributed by atoms with Crippen molar-refractivity contribution in [2.24, 2.45) is 0 Å². The summed E-state index contributed by atoms with van der Waals surface area (Å²) in [7, 11) is 0. The molecule has 0 bridgehead atoms. The molecule has 6 heteroatoms. The van der Waals surface area contributed by atoms with Gasteiger partial charge < -0.3 is 14.8 Å². The summed E-state index contributed by atoms with van der Waals surface area (Å²) in [4.78, 5) is 17.6. The second-order valence-electron chi connectivity index (χ2n) is 6.94. The predicted molar refractivity (Wildman–Crippen MR) is 96.3 cm³/mol. The van der Waals surface area contributed by atoms with Crippen molar-refractivity contribution >= 4 is 17.2 Å². The number of aromatic nitrogens is 1. The third-order valence-electron chi connectivity index (χ3n) is 5.10. The van der Waals surface area contributed by atoms with E-state index in [9.17, 15) is 4.79 Å². The quantitative estimate of drug-likeness (QED) is 0.892. The van der Waals surface area contributed by atoms with Crippen molar-refractivity contribution in [1.29, 1.82) is 0 Å². The van der Waals surface area contributed by atoms with Gasteiger partial charge in [-0.3, -0.25) is 4.79 Å². The highest BCUT2D eigenvalue weighted by Gasteiger charge is 2.43. The van der Waals surface area contributed by atoms with Crippen molar-refractivity contribution in [3.63, 3.8) is 0 Å². The number of carbonyl (C=O) groups excluding carboxylic acids is 1. The number of nitrogens with one attached hydrogen (secondary N) is 1. The molecular formula is C19H22N2O3S. The van der Waals surface area contributed by atoms with E-state index in [0.717, 1.165) is 36.3 Å². The van der Waals surface area contributed by atoms with Crippen LogP contribution in [0.5, 0.6) is 5.75 Å². The first kappa shape index (κ1) is 16.5. The highest BCUT2D eigenvalue weighted by Crippen LogP contribution is 2.44. The molecule has 2 aliphatic rings. The Morgan fingerprint density at radius 3 is 2.84 bits per heavy atom. The van der Waals surface area contributed by atoms with E-state index >= 15 is 0 Å². The molecule has 1 N–H and O–H groups in total. The van der Waals surface area contributed by atoms with E-state index in [0.29, 0.717) is 18.1 Å². The van der Waals surface area contributed by atoms with Crippen molar-refractivity contribution in [3.05, 3.63) is 45.4 Å². The molecule has 1 amide bonds. The fourth-order valence-electron chi connectivity index (χ4n) is 3.71. The number of aryl methyl sites for hydroxylation is 2. The molecule has 0 aliphatic carbocycles. The molecule has 2 aliphatic heterocycles. The van der Waals surface area contributed by atoms with Crippen LogP contribution < -0.4 is 10.1 Å². The van der Waals surface area contributed by atoms with Crippen molar-refractivity contribution in [2.45, 2.75) is 44.8 Å². The molecule has 25 heavy (non-hydrogen) atoms. The van der Waals surface area contributed by atoms with Gasteiger partial charge in [0.1, 0.15) is 16.2 Å². The second kappa shape index (κ2) is 6.42. The van der Waals surface area contributed by atoms with E-state index in [-0.39, 0.29) is 17.6 Å². The van der Waals surface area contributed by atoms with Gasteiger partial charge in [-0.25, -0.2) is 4.98 Å². The predicted octanol–water partition coefficient (Wildman–Crippen LogP) is 3.56. The fraction of sp³-hybridized carbons (Fsp3) is 0.474. The number of hydrogen-bond acceptors (Lipinski definition) is 5. The molecule has 0 saturated carbocycles. The van der Waals surface area contributed by atoms with Crippen LogP contribution in [-0.2, 0) is 4.74 Å². The maximum Gasteiger partial charge on any atom is 0.263 e. The lowest BCUT2D eigenvalue weighted by Gasteiger charge is -2.44. The fourth-order valence-corrected chi connectivity index (χ4v) is 4.42. The number of thiazole rings is 1. The van der Waals surface area contributed by atoms with Crippen molar-refractivity contribution in [3.8, 4) is 5.75 Å². The van der Waals surface area contributed by atoms with E-state index in [4.69, 9.17) is 9.47 Å². The Labute approximate surface area is 151 Å². The van der Waals surface area contributed by atoms with Crippen LogP contribution in [0.25, 0.3) is 0 Å². The molecule has 3 heterocycles. The van der Waals surface area contributed by atoms with E-state index in [1.54, 1.807) is 5.51 Å². The minimum absolute atomic E-state index is 0.0541. The molecule has 1 fully saturated rings. The Kier molecular flexibility index (Phi) is 4.25. The van der Waals surface area contributed by atoms with Crippen LogP contribution in [0.15, 0.2) is 23.7 Å². The van der Waals surface area contributed by atoms with Crippen LogP contribution in [0.1, 0.15) is 51.8 Å². The summed E-state index contributed by atoms with van der Waals surface area (Å²) in [5.41, 5.74) is 4.47. The molecule has 1 aromatic carbocycles. The molecule has 0 radical (unpaired) electrons. The summed E-state index contributed by atoms with van der Waals surface area (Å²) in [6.45, 7) is 5.34. The summed E-state index contributed by atoms with van der Waals surface area (Å²) >= 11 is 1.38. The van der Waals surface area contributed by atoms with E-state index in [1.807, 2.05) is 13.0 Å². The summed E-state index contributed by atoms with van der Waals surface area (Å²) in [5.74, 6) is 0.826. The van der Waals surface area contributed by atoms with Gasteiger partial charge in [0.05, 0.1) is 30.5 Å². The van der Waals surface area contributed by atoms with Crippen LogP contribution in [0.2, 0.25) is 0 Å². The maximum absolute atomic E-state index is 12.8. The summed E-state index contributed by atoms with van der Waals surface area (Å²) in [5, 5.41) is 3.23. The second-order valence-corrected chi connectivity index (χ2v) is 7.79. The van der Waals surface area contributed by atoms with Gasteiger partial charge in [-0.15, -0.1) is 11.3 Å². The molecule has 1 aromatic heterocycles. The molecule has 1 spiro atoms. The summed E-state index contributed by atoms with van der Waals surface area (Å²) in [6.07, 6.45) is 2.48. The standard InChI is InChI=1S/C19H22N2O3S/c1-12-3-4-16-14(9-12)15(10-19(24-16)5-7-23-8-6-19)21-18(22)17-13(2)20-11-25-17/h3-4,9,11,15H,5-8,10H2,1-2H3,(H,21,22). The van der Waals surface area contributed by atoms with Gasteiger partial charge in [-0.1, -0.05) is 17.7 Å². The lowest BCUT2D eigenvalue weighted by atomic mass is 9.81. The Morgan fingerprint density at radius 2 is 2.12 bits per heavy atom. The Bertz CT molecular complexity index is 796. The third-order valence-corrected chi connectivity index (χ3v) is 6.03. The number of ether oxygens (including phenoxy) is 2. The highest BCUT2D eigenvalue weighted by atomic mass is 32.1. The van der Waals surface area contributed by atoms with Gasteiger partial charge in [0.15, 0.2) is 0 Å². The van der Waals surface area contributed by atoms with E-state index in [1.165, 1.54) is 16.9 Å². The van der Waals surface area contributed by atoms with Crippen molar-refractivity contribution in [1.82, 2.24) is 10.3 Å². The number of benzene rings is 1. The smallest absolute Gasteiger partial charge is 0.263 e. The van der Waals surface area contributed by atoms with Crippen LogP contribution >= 0.6 is 11.3 Å². The van der Waals surface area contributed by atoms with Gasteiger partial charge in [0.25, 0.3) is 5.91 Å². The summed E-state index contributed by atoms with van der Waals surface area (Å²) < 4.78 is 11.9. The molecule has 1 saturated heterocycles. The molecule has 2 aromatic rings. The van der Waals surface area contributed by atoms with Crippen LogP contribution in [0.3, 0.4) is 0 Å². The molecule has 1 atom stereocenters. The number of amides is 1. The largest absolute Gasteiger partial charge is 0.487 e. The minimum atomic E-state index is -0.249. The summed E-state index contributed by atoms with van der Waals surface area (Å²) in [6, 6.07) is 6.14. The topological polar surface area (TPSA) is 60.5 Å². The first-order valence-electron chi connectivity index (χ1n) is 8.65. The average Bonchev–Trinajstić information content (AvgIpc) is 3.02. The lowest BCUT2D eigenvalue weighted by molar-refractivity contribution is -0.0639. The number of fused-ring (bicyclic) bond motifs is 1. The van der Waals surface area contributed by atoms with Crippen molar-refractivity contribution < 1.29 is 14.3 Å². The van der Waals surface area contributed by atoms with Gasteiger partial charge >= 0.3 is 0 Å². The highest BCUT2D eigenvalue weighted by molar-refractivity contribution is 7.11. The SMILES string of the molecule is Cc1ccc2c(c1)C(NC(=O)c1scnc1C)CC1(CCOCC1)O2. The van der Waals surface area contributed by atoms with Crippen LogP contribution in [0.4, 0.5) is 0 Å². The van der Waals surface area contributed by atoms with E-state index < -0.39 is 0 Å². The van der Waals surface area contributed by atoms with Gasteiger partial charge in [0, 0.05) is 24.8 Å². The number of rotatable bonds is 2. The van der Waals surface area contributed by atoms with Gasteiger partial charge in [-0.2, -0.15) is 0 Å².